The van der Waals surface area contributed by atoms with Gasteiger partial charge in [-0.1, -0.05) is 43.3 Å². The molecule has 3 aromatic rings. The monoisotopic (exact) mass is 541 g/mol. The minimum Gasteiger partial charge on any atom is -0.508 e. The molecular formula is C23H26Cl2N3O4PS. The van der Waals surface area contributed by atoms with Gasteiger partial charge < -0.3 is 10.4 Å². The summed E-state index contributed by atoms with van der Waals surface area (Å²) in [6.07, 6.45) is 5.96. The first-order valence-electron chi connectivity index (χ1n) is 10.5. The second-order valence-electron chi connectivity index (χ2n) is 8.19. The second kappa shape index (κ2) is 11.1. The zero-order valence-electron chi connectivity index (χ0n) is 19.0. The molecule has 1 aromatic heterocycles. The summed E-state index contributed by atoms with van der Waals surface area (Å²) in [4.78, 5) is 12.8. The van der Waals surface area contributed by atoms with Crippen LogP contribution >= 0.6 is 31.1 Å². The molecule has 0 aliphatic heterocycles. The van der Waals surface area contributed by atoms with E-state index in [0.717, 1.165) is 33.8 Å². The summed E-state index contributed by atoms with van der Waals surface area (Å²) in [7, 11) is -3.92. The van der Waals surface area contributed by atoms with Gasteiger partial charge in [0.2, 0.25) is 0 Å². The average molecular weight is 542 g/mol. The molecule has 34 heavy (non-hydrogen) atoms. The SMILES string of the molecule is CC(Cc1cnn(S(C)(=O)=O)c1)NC(=O)c1c(Cl)cc(CCP(C)c2cccc(O)c2)cc1Cl. The number of rotatable bonds is 9. The third-order valence-electron chi connectivity index (χ3n) is 5.21. The topological polar surface area (TPSA) is 101 Å². The van der Waals surface area contributed by atoms with Crippen LogP contribution < -0.4 is 10.6 Å². The molecule has 2 atom stereocenters. The standard InChI is InChI=1S/C23H26Cl2N3O4PS/c1-15(9-17-13-26-28(14-17)34(3,31)32)27-23(30)22-20(24)10-16(11-21(22)25)7-8-33(2)19-6-4-5-18(29)12-19/h4-6,10-15,29H,7-9H2,1-3H3,(H,27,30). The summed E-state index contributed by atoms with van der Waals surface area (Å²) in [6.45, 7) is 3.95. The van der Waals surface area contributed by atoms with Gasteiger partial charge in [-0.15, -0.1) is 0 Å². The van der Waals surface area contributed by atoms with Crippen LogP contribution in [0.5, 0.6) is 5.75 Å². The van der Waals surface area contributed by atoms with Crippen LogP contribution in [0.2, 0.25) is 10.0 Å². The number of nitrogens with one attached hydrogen (secondary N) is 1. The summed E-state index contributed by atoms with van der Waals surface area (Å²) in [5.74, 6) is -0.145. The molecule has 1 amide bonds. The summed E-state index contributed by atoms with van der Waals surface area (Å²) in [6, 6.07) is 10.5. The molecule has 0 aliphatic carbocycles. The Balaban J connectivity index is 1.63. The summed E-state index contributed by atoms with van der Waals surface area (Å²) in [5.41, 5.74) is 1.81. The fourth-order valence-electron chi connectivity index (χ4n) is 3.47. The molecule has 0 spiro atoms. The van der Waals surface area contributed by atoms with Crippen molar-refractivity contribution in [2.75, 3.05) is 19.1 Å². The summed E-state index contributed by atoms with van der Waals surface area (Å²) >= 11 is 12.9. The number of aryl methyl sites for hydroxylation is 1. The van der Waals surface area contributed by atoms with E-state index in [4.69, 9.17) is 23.2 Å². The molecule has 0 fully saturated rings. The van der Waals surface area contributed by atoms with E-state index in [-0.39, 0.29) is 27.4 Å². The molecule has 0 saturated heterocycles. The van der Waals surface area contributed by atoms with Crippen molar-refractivity contribution >= 4 is 52.4 Å². The van der Waals surface area contributed by atoms with Crippen molar-refractivity contribution in [3.63, 3.8) is 0 Å². The summed E-state index contributed by atoms with van der Waals surface area (Å²) in [5, 5.41) is 18.0. The maximum atomic E-state index is 12.8. The molecule has 3 rings (SSSR count). The lowest BCUT2D eigenvalue weighted by molar-refractivity contribution is 0.0940. The van der Waals surface area contributed by atoms with Crippen LogP contribution in [0.25, 0.3) is 0 Å². The molecule has 182 valence electrons. The highest BCUT2D eigenvalue weighted by Gasteiger charge is 2.19. The Morgan fingerprint density at radius 2 is 1.88 bits per heavy atom. The maximum absolute atomic E-state index is 12.8. The Labute approximate surface area is 210 Å². The highest BCUT2D eigenvalue weighted by molar-refractivity contribution is 7.89. The largest absolute Gasteiger partial charge is 0.508 e. The van der Waals surface area contributed by atoms with E-state index in [0.29, 0.717) is 12.0 Å². The van der Waals surface area contributed by atoms with E-state index in [1.54, 1.807) is 31.2 Å². The third-order valence-corrected chi connectivity index (χ3v) is 8.74. The third kappa shape index (κ3) is 6.95. The quantitative estimate of drug-likeness (QED) is 0.398. The van der Waals surface area contributed by atoms with Crippen molar-refractivity contribution in [1.82, 2.24) is 14.5 Å². The molecule has 1 heterocycles. The second-order valence-corrected chi connectivity index (χ2v) is 13.2. The van der Waals surface area contributed by atoms with E-state index in [1.807, 2.05) is 12.1 Å². The number of halogens is 2. The van der Waals surface area contributed by atoms with Crippen molar-refractivity contribution in [3.8, 4) is 5.75 Å². The lowest BCUT2D eigenvalue weighted by Crippen LogP contribution is -2.34. The van der Waals surface area contributed by atoms with Crippen LogP contribution in [-0.4, -0.2) is 53.7 Å². The number of nitrogens with zero attached hydrogens (tertiary/aromatic N) is 2. The van der Waals surface area contributed by atoms with Gasteiger partial charge in [-0.25, -0.2) is 8.42 Å². The Bertz CT molecular complexity index is 1270. The number of hydrogen-bond donors (Lipinski definition) is 2. The molecule has 2 unspecified atom stereocenters. The predicted molar refractivity (Wildman–Crippen MR) is 139 cm³/mol. The fourth-order valence-corrected chi connectivity index (χ4v) is 6.26. The number of aromatic hydroxyl groups is 1. The minimum absolute atomic E-state index is 0.206. The van der Waals surface area contributed by atoms with Gasteiger partial charge in [0.15, 0.2) is 0 Å². The molecule has 0 radical (unpaired) electrons. The molecule has 0 aliphatic rings. The van der Waals surface area contributed by atoms with E-state index in [2.05, 4.69) is 17.1 Å². The minimum atomic E-state index is -3.45. The molecule has 0 bridgehead atoms. The number of carbonyl (C=O) groups is 1. The van der Waals surface area contributed by atoms with Crippen molar-refractivity contribution in [2.45, 2.75) is 25.8 Å². The van der Waals surface area contributed by atoms with Gasteiger partial charge in [-0.2, -0.15) is 9.19 Å². The molecule has 2 N–H and O–H groups in total. The number of phenolic OH excluding ortho intramolecular Hbond substituents is 1. The first-order valence-corrected chi connectivity index (χ1v) is 15.0. The van der Waals surface area contributed by atoms with Gasteiger partial charge in [-0.05, 0) is 73.3 Å². The number of aromatic nitrogens is 2. The van der Waals surface area contributed by atoms with Gasteiger partial charge in [0.25, 0.3) is 15.9 Å². The lowest BCUT2D eigenvalue weighted by atomic mass is 10.1. The van der Waals surface area contributed by atoms with Gasteiger partial charge in [0, 0.05) is 12.2 Å². The first kappa shape index (κ1) is 26.5. The van der Waals surface area contributed by atoms with Crippen LogP contribution in [0, 0.1) is 0 Å². The smallest absolute Gasteiger partial charge is 0.254 e. The van der Waals surface area contributed by atoms with Gasteiger partial charge in [0.1, 0.15) is 5.75 Å². The highest BCUT2D eigenvalue weighted by Crippen LogP contribution is 2.33. The zero-order chi connectivity index (χ0) is 25.0. The van der Waals surface area contributed by atoms with Crippen molar-refractivity contribution in [3.05, 3.63) is 75.5 Å². The van der Waals surface area contributed by atoms with Gasteiger partial charge in [-0.3, -0.25) is 4.79 Å². The van der Waals surface area contributed by atoms with Crippen LogP contribution in [-0.2, 0) is 22.9 Å². The number of phenols is 1. The number of hydrogen-bond acceptors (Lipinski definition) is 5. The zero-order valence-corrected chi connectivity index (χ0v) is 22.2. The Morgan fingerprint density at radius 1 is 1.21 bits per heavy atom. The van der Waals surface area contributed by atoms with E-state index in [9.17, 15) is 18.3 Å². The Morgan fingerprint density at radius 3 is 2.47 bits per heavy atom. The van der Waals surface area contributed by atoms with Crippen LogP contribution in [0.15, 0.2) is 48.8 Å². The van der Waals surface area contributed by atoms with Crippen molar-refractivity contribution in [1.29, 1.82) is 0 Å². The molecular weight excluding hydrogens is 516 g/mol. The number of benzene rings is 2. The van der Waals surface area contributed by atoms with Crippen LogP contribution in [0.3, 0.4) is 0 Å². The lowest BCUT2D eigenvalue weighted by Gasteiger charge is -2.16. The number of amides is 1. The van der Waals surface area contributed by atoms with Gasteiger partial charge in [0.05, 0.1) is 28.1 Å². The van der Waals surface area contributed by atoms with Crippen molar-refractivity contribution in [2.24, 2.45) is 0 Å². The van der Waals surface area contributed by atoms with Crippen LogP contribution in [0.1, 0.15) is 28.4 Å². The van der Waals surface area contributed by atoms with Crippen LogP contribution in [0.4, 0.5) is 0 Å². The van der Waals surface area contributed by atoms with E-state index in [1.165, 1.54) is 12.4 Å². The molecule has 7 nitrogen and oxygen atoms in total. The Hall–Kier alpha value is -2.12. The predicted octanol–water partition coefficient (Wildman–Crippen LogP) is 4.04. The van der Waals surface area contributed by atoms with Gasteiger partial charge >= 0.3 is 0 Å². The van der Waals surface area contributed by atoms with E-state index >= 15 is 0 Å². The molecule has 2 aromatic carbocycles. The van der Waals surface area contributed by atoms with Crippen molar-refractivity contribution < 1.29 is 18.3 Å². The average Bonchev–Trinajstić information content (AvgIpc) is 3.20. The molecule has 0 saturated carbocycles. The summed E-state index contributed by atoms with van der Waals surface area (Å²) < 4.78 is 24.0. The Kier molecular flexibility index (Phi) is 8.63. The first-order chi connectivity index (χ1) is 15.9. The maximum Gasteiger partial charge on any atom is 0.254 e. The number of carbonyl (C=O) groups excluding carboxylic acids is 1. The highest BCUT2D eigenvalue weighted by atomic mass is 35.5. The fraction of sp³-hybridized carbons (Fsp3) is 0.304. The normalized spacial score (nSPS) is 13.4. The van der Waals surface area contributed by atoms with E-state index < -0.39 is 23.9 Å². The molecule has 11 heteroatoms.